The first-order chi connectivity index (χ1) is 10.1. The molecule has 0 spiro atoms. The molecule has 5 heteroatoms. The normalized spacial score (nSPS) is 17.5. The molecule has 0 aromatic rings. The van der Waals surface area contributed by atoms with E-state index in [2.05, 4.69) is 30.8 Å². The number of likely N-dealkylation sites (N-methyl/N-ethyl adjacent to an activating group) is 1. The molecule has 0 aliphatic carbocycles. The minimum absolute atomic E-state index is 0.180. The Balaban J connectivity index is 2.53. The van der Waals surface area contributed by atoms with E-state index >= 15 is 0 Å². The van der Waals surface area contributed by atoms with Gasteiger partial charge in [0.1, 0.15) is 0 Å². The molecule has 1 fully saturated rings. The number of amides is 1. The molecule has 1 heterocycles. The molecule has 1 amide bonds. The lowest BCUT2D eigenvalue weighted by atomic mass is 10.1. The van der Waals surface area contributed by atoms with Crippen LogP contribution in [0.4, 0.5) is 0 Å². The van der Waals surface area contributed by atoms with Gasteiger partial charge in [-0.25, -0.2) is 0 Å². The van der Waals surface area contributed by atoms with Crippen molar-refractivity contribution in [1.29, 1.82) is 0 Å². The van der Waals surface area contributed by atoms with Crippen molar-refractivity contribution in [1.82, 2.24) is 14.7 Å². The second-order valence-corrected chi connectivity index (χ2v) is 6.37. The van der Waals surface area contributed by atoms with Gasteiger partial charge in [-0.2, -0.15) is 0 Å². The number of rotatable bonds is 9. The molecule has 21 heavy (non-hydrogen) atoms. The third-order valence-corrected chi connectivity index (χ3v) is 4.25. The average molecular weight is 298 g/mol. The van der Waals surface area contributed by atoms with Gasteiger partial charge in [-0.3, -0.25) is 9.69 Å². The van der Waals surface area contributed by atoms with Gasteiger partial charge in [0.2, 0.25) is 5.91 Å². The molecule has 1 rings (SSSR count). The molecule has 0 aromatic carbocycles. The second kappa shape index (κ2) is 10.1. The van der Waals surface area contributed by atoms with Crippen molar-refractivity contribution in [3.8, 4) is 0 Å². The van der Waals surface area contributed by atoms with Gasteiger partial charge in [-0.1, -0.05) is 6.92 Å². The van der Waals surface area contributed by atoms with Crippen molar-refractivity contribution in [3.05, 3.63) is 0 Å². The number of hydrogen-bond donors (Lipinski definition) is 1. The lowest BCUT2D eigenvalue weighted by Gasteiger charge is -2.34. The van der Waals surface area contributed by atoms with Gasteiger partial charge < -0.3 is 15.5 Å². The first-order valence-electron chi connectivity index (χ1n) is 8.45. The minimum Gasteiger partial charge on any atom is -0.343 e. The van der Waals surface area contributed by atoms with Crippen LogP contribution in [-0.4, -0.2) is 80.0 Å². The molecule has 1 unspecified atom stereocenters. The fraction of sp³-hybridized carbons (Fsp3) is 0.938. The highest BCUT2D eigenvalue weighted by Crippen LogP contribution is 2.13. The fourth-order valence-corrected chi connectivity index (χ4v) is 2.93. The number of piperidine rings is 1. The summed E-state index contributed by atoms with van der Waals surface area (Å²) in [6.07, 6.45) is 5.23. The molecule has 5 nitrogen and oxygen atoms in total. The largest absolute Gasteiger partial charge is 0.343 e. The summed E-state index contributed by atoms with van der Waals surface area (Å²) < 4.78 is 0. The number of nitrogens with two attached hydrogens (primary N) is 1. The second-order valence-electron chi connectivity index (χ2n) is 6.37. The molecule has 124 valence electrons. The van der Waals surface area contributed by atoms with E-state index in [9.17, 15) is 4.79 Å². The Bertz CT molecular complexity index is 290. The Morgan fingerprint density at radius 3 is 2.33 bits per heavy atom. The monoisotopic (exact) mass is 298 g/mol. The van der Waals surface area contributed by atoms with Crippen LogP contribution in [0.15, 0.2) is 0 Å². The molecule has 1 aliphatic heterocycles. The van der Waals surface area contributed by atoms with Crippen molar-refractivity contribution in [2.75, 3.05) is 53.4 Å². The summed E-state index contributed by atoms with van der Waals surface area (Å²) in [5, 5.41) is 0. The van der Waals surface area contributed by atoms with E-state index < -0.39 is 0 Å². The van der Waals surface area contributed by atoms with Crippen molar-refractivity contribution < 1.29 is 4.79 Å². The Kier molecular flexibility index (Phi) is 8.88. The lowest BCUT2D eigenvalue weighted by molar-refractivity contribution is -0.133. The van der Waals surface area contributed by atoms with E-state index in [1.165, 1.54) is 6.42 Å². The standard InChI is InChI=1S/C16H34N4O/c1-4-8-19(12-11-18(2)3)15(14-17)13-16(21)20-9-6-5-7-10-20/h15H,4-14,17H2,1-3H3. The smallest absolute Gasteiger partial charge is 0.224 e. The van der Waals surface area contributed by atoms with Crippen LogP contribution in [0.3, 0.4) is 0 Å². The quantitative estimate of drug-likeness (QED) is 0.690. The SMILES string of the molecule is CCCN(CCN(C)C)C(CN)CC(=O)N1CCCCC1. The summed E-state index contributed by atoms with van der Waals surface area (Å²) in [4.78, 5) is 19.1. The van der Waals surface area contributed by atoms with Crippen LogP contribution in [0.1, 0.15) is 39.0 Å². The number of hydrogen-bond acceptors (Lipinski definition) is 4. The minimum atomic E-state index is 0.180. The number of nitrogens with zero attached hydrogens (tertiary/aromatic N) is 3. The topological polar surface area (TPSA) is 52.8 Å². The third kappa shape index (κ3) is 6.76. The zero-order chi connectivity index (χ0) is 15.7. The van der Waals surface area contributed by atoms with Gasteiger partial charge in [0.15, 0.2) is 0 Å². The van der Waals surface area contributed by atoms with E-state index in [0.29, 0.717) is 13.0 Å². The van der Waals surface area contributed by atoms with Crippen molar-refractivity contribution >= 4 is 5.91 Å². The van der Waals surface area contributed by atoms with Crippen molar-refractivity contribution in [2.45, 2.75) is 45.1 Å². The summed E-state index contributed by atoms with van der Waals surface area (Å²) >= 11 is 0. The molecule has 0 saturated carbocycles. The van der Waals surface area contributed by atoms with Crippen LogP contribution in [-0.2, 0) is 4.79 Å². The Morgan fingerprint density at radius 2 is 1.81 bits per heavy atom. The highest BCUT2D eigenvalue weighted by atomic mass is 16.2. The predicted octanol–water partition coefficient (Wildman–Crippen LogP) is 0.990. The molecular formula is C16H34N4O. The lowest BCUT2D eigenvalue weighted by Crippen LogP contribution is -2.47. The maximum absolute atomic E-state index is 12.4. The van der Waals surface area contributed by atoms with Crippen LogP contribution in [0.25, 0.3) is 0 Å². The summed E-state index contributed by atoms with van der Waals surface area (Å²) in [6, 6.07) is 0.180. The fourth-order valence-electron chi connectivity index (χ4n) is 2.93. The van der Waals surface area contributed by atoms with Gasteiger partial charge in [0.25, 0.3) is 0 Å². The summed E-state index contributed by atoms with van der Waals surface area (Å²) in [5.41, 5.74) is 5.96. The summed E-state index contributed by atoms with van der Waals surface area (Å²) in [7, 11) is 4.17. The Morgan fingerprint density at radius 1 is 1.14 bits per heavy atom. The van der Waals surface area contributed by atoms with Crippen molar-refractivity contribution in [2.24, 2.45) is 5.73 Å². The van der Waals surface area contributed by atoms with Crippen molar-refractivity contribution in [3.63, 3.8) is 0 Å². The van der Waals surface area contributed by atoms with Gasteiger partial charge in [0.05, 0.1) is 0 Å². The van der Waals surface area contributed by atoms with Gasteiger partial charge >= 0.3 is 0 Å². The highest BCUT2D eigenvalue weighted by molar-refractivity contribution is 5.76. The molecule has 2 N–H and O–H groups in total. The van der Waals surface area contributed by atoms with Crippen LogP contribution in [0.5, 0.6) is 0 Å². The molecule has 1 aliphatic rings. The molecule has 0 aromatic heterocycles. The molecule has 0 bridgehead atoms. The third-order valence-electron chi connectivity index (χ3n) is 4.25. The number of carbonyl (C=O) groups excluding carboxylic acids is 1. The Hall–Kier alpha value is -0.650. The maximum Gasteiger partial charge on any atom is 0.224 e. The molecular weight excluding hydrogens is 264 g/mol. The predicted molar refractivity (Wildman–Crippen MR) is 88.3 cm³/mol. The Labute approximate surface area is 130 Å². The van der Waals surface area contributed by atoms with Crippen LogP contribution < -0.4 is 5.73 Å². The summed E-state index contributed by atoms with van der Waals surface area (Å²) in [5.74, 6) is 0.288. The van der Waals surface area contributed by atoms with Gasteiger partial charge in [0, 0.05) is 45.2 Å². The summed E-state index contributed by atoms with van der Waals surface area (Å²) in [6.45, 7) is 7.62. The van der Waals surface area contributed by atoms with E-state index in [1.54, 1.807) is 0 Å². The van der Waals surface area contributed by atoms with Crippen LogP contribution in [0, 0.1) is 0 Å². The number of likely N-dealkylation sites (tertiary alicyclic amines) is 1. The van der Waals surface area contributed by atoms with E-state index in [-0.39, 0.29) is 11.9 Å². The molecule has 1 atom stereocenters. The molecule has 0 radical (unpaired) electrons. The highest BCUT2D eigenvalue weighted by Gasteiger charge is 2.23. The number of carbonyl (C=O) groups is 1. The van der Waals surface area contributed by atoms with E-state index in [1.807, 2.05) is 4.90 Å². The first-order valence-corrected chi connectivity index (χ1v) is 8.45. The van der Waals surface area contributed by atoms with Crippen LogP contribution in [0.2, 0.25) is 0 Å². The average Bonchev–Trinajstić information content (AvgIpc) is 2.49. The maximum atomic E-state index is 12.4. The van der Waals surface area contributed by atoms with Gasteiger partial charge in [-0.15, -0.1) is 0 Å². The van der Waals surface area contributed by atoms with Gasteiger partial charge in [-0.05, 0) is 46.3 Å². The molecule has 1 saturated heterocycles. The zero-order valence-electron chi connectivity index (χ0n) is 14.2. The van der Waals surface area contributed by atoms with Crippen LogP contribution >= 0.6 is 0 Å². The van der Waals surface area contributed by atoms with E-state index in [0.717, 1.165) is 52.0 Å². The van der Waals surface area contributed by atoms with E-state index in [4.69, 9.17) is 5.73 Å². The zero-order valence-corrected chi connectivity index (χ0v) is 14.2. The first kappa shape index (κ1) is 18.4.